The number of ether oxygens (including phenoxy) is 3. The molecule has 9 nitrogen and oxygen atoms in total. The zero-order valence-electron chi connectivity index (χ0n) is 25.4. The van der Waals surface area contributed by atoms with Crippen LogP contribution in [0.5, 0.6) is 0 Å². The number of carbonyl (C=O) groups is 2. The first-order valence-electron chi connectivity index (χ1n) is 14.2. The second-order valence-corrected chi connectivity index (χ2v) is 12.1. The lowest BCUT2D eigenvalue weighted by molar-refractivity contribution is -0.0415. The van der Waals surface area contributed by atoms with E-state index in [1.165, 1.54) is 10.5 Å². The van der Waals surface area contributed by atoms with Crippen LogP contribution in [-0.4, -0.2) is 95.0 Å². The summed E-state index contributed by atoms with van der Waals surface area (Å²) in [6.07, 6.45) is -0.168. The molecule has 0 saturated carbocycles. The molecular weight excluding hydrogens is 524 g/mol. The summed E-state index contributed by atoms with van der Waals surface area (Å²) in [5.41, 5.74) is 1.17. The monoisotopic (exact) mass is 572 g/mol. The number of rotatable bonds is 8. The van der Waals surface area contributed by atoms with Crippen molar-refractivity contribution >= 4 is 12.2 Å². The van der Waals surface area contributed by atoms with E-state index in [2.05, 4.69) is 12.1 Å². The molecule has 0 spiro atoms. The first-order chi connectivity index (χ1) is 19.3. The normalized spacial score (nSPS) is 16.2. The lowest BCUT2D eigenvalue weighted by atomic mass is 10.1. The minimum Gasteiger partial charge on any atom is -0.444 e. The summed E-state index contributed by atoms with van der Waals surface area (Å²) >= 11 is 0. The minimum atomic E-state index is -0.702. The fourth-order valence-corrected chi connectivity index (χ4v) is 4.12. The Morgan fingerprint density at radius 2 is 1.51 bits per heavy atom. The summed E-state index contributed by atoms with van der Waals surface area (Å²) in [5.74, 6) is 0. The Labute approximate surface area is 245 Å². The van der Waals surface area contributed by atoms with Gasteiger partial charge >= 0.3 is 12.2 Å². The summed E-state index contributed by atoms with van der Waals surface area (Å²) < 4.78 is 16.4. The van der Waals surface area contributed by atoms with Gasteiger partial charge in [0.1, 0.15) is 11.2 Å². The second-order valence-electron chi connectivity index (χ2n) is 12.1. The van der Waals surface area contributed by atoms with E-state index >= 15 is 0 Å². The molecule has 228 valence electrons. The van der Waals surface area contributed by atoms with Gasteiger partial charge in [-0.2, -0.15) is 0 Å². The van der Waals surface area contributed by atoms with E-state index in [1.807, 2.05) is 69.3 Å². The number of morpholine rings is 1. The van der Waals surface area contributed by atoms with Gasteiger partial charge in [0.25, 0.3) is 0 Å². The Kier molecular flexibility index (Phi) is 13.6. The molecule has 1 aliphatic heterocycles. The van der Waals surface area contributed by atoms with Crippen LogP contribution in [0.3, 0.4) is 0 Å². The molecule has 2 amide bonds. The van der Waals surface area contributed by atoms with Crippen molar-refractivity contribution in [3.8, 4) is 0 Å². The van der Waals surface area contributed by atoms with Gasteiger partial charge in [-0.05, 0) is 52.7 Å². The Bertz CT molecular complexity index is 1040. The highest BCUT2D eigenvalue weighted by Gasteiger charge is 2.28. The van der Waals surface area contributed by atoms with Crippen LogP contribution in [-0.2, 0) is 27.1 Å². The summed E-state index contributed by atoms with van der Waals surface area (Å²) in [6.45, 7) is 12.8. The van der Waals surface area contributed by atoms with Crippen LogP contribution in [0.1, 0.15) is 52.7 Å². The van der Waals surface area contributed by atoms with Gasteiger partial charge in [-0.3, -0.25) is 0 Å². The van der Waals surface area contributed by atoms with E-state index in [1.54, 1.807) is 25.7 Å². The molecule has 1 fully saturated rings. The maximum absolute atomic E-state index is 12.1. The van der Waals surface area contributed by atoms with Gasteiger partial charge in [0.2, 0.25) is 0 Å². The summed E-state index contributed by atoms with van der Waals surface area (Å²) in [5, 5.41) is 19.2. The number of amides is 2. The van der Waals surface area contributed by atoms with Crippen molar-refractivity contribution in [2.24, 2.45) is 0 Å². The number of benzene rings is 2. The van der Waals surface area contributed by atoms with E-state index in [9.17, 15) is 14.7 Å². The molecule has 0 bridgehead atoms. The van der Waals surface area contributed by atoms with Crippen molar-refractivity contribution in [1.29, 1.82) is 0 Å². The third-order valence-corrected chi connectivity index (χ3v) is 5.86. The topological polar surface area (TPSA) is 109 Å². The highest BCUT2D eigenvalue weighted by atomic mass is 16.6. The molecule has 2 N–H and O–H groups in total. The van der Waals surface area contributed by atoms with E-state index in [4.69, 9.17) is 19.3 Å². The van der Waals surface area contributed by atoms with Crippen molar-refractivity contribution in [1.82, 2.24) is 9.80 Å². The molecule has 41 heavy (non-hydrogen) atoms. The van der Waals surface area contributed by atoms with Crippen LogP contribution in [0.15, 0.2) is 60.7 Å². The van der Waals surface area contributed by atoms with Gasteiger partial charge in [0, 0.05) is 25.9 Å². The Balaban J connectivity index is 0.000000287. The fourth-order valence-electron chi connectivity index (χ4n) is 4.12. The van der Waals surface area contributed by atoms with Crippen molar-refractivity contribution in [3.63, 3.8) is 0 Å². The van der Waals surface area contributed by atoms with Gasteiger partial charge in [-0.15, -0.1) is 0 Å². The molecule has 0 aromatic heterocycles. The first-order valence-corrected chi connectivity index (χ1v) is 14.2. The maximum atomic E-state index is 12.1. The molecule has 2 atom stereocenters. The van der Waals surface area contributed by atoms with E-state index in [-0.39, 0.29) is 31.9 Å². The van der Waals surface area contributed by atoms with E-state index in [0.717, 1.165) is 12.0 Å². The number of nitrogens with zero attached hydrogens (tertiary/aromatic N) is 2. The number of aliphatic hydroxyl groups excluding tert-OH is 2. The van der Waals surface area contributed by atoms with Gasteiger partial charge < -0.3 is 34.2 Å². The molecule has 1 aliphatic rings. The molecule has 0 radical (unpaired) electrons. The van der Waals surface area contributed by atoms with Crippen LogP contribution in [0.2, 0.25) is 0 Å². The zero-order valence-corrected chi connectivity index (χ0v) is 25.4. The van der Waals surface area contributed by atoms with Gasteiger partial charge in [0.05, 0.1) is 38.5 Å². The lowest BCUT2D eigenvalue weighted by Gasteiger charge is -2.34. The van der Waals surface area contributed by atoms with Crippen LogP contribution < -0.4 is 0 Å². The van der Waals surface area contributed by atoms with Crippen molar-refractivity contribution < 1.29 is 34.0 Å². The summed E-state index contributed by atoms with van der Waals surface area (Å²) in [6, 6.07) is 19.8. The lowest BCUT2D eigenvalue weighted by Crippen LogP contribution is -2.48. The molecule has 0 aliphatic carbocycles. The number of hydrogen-bond acceptors (Lipinski definition) is 7. The molecule has 3 rings (SSSR count). The molecule has 2 aromatic carbocycles. The largest absolute Gasteiger partial charge is 0.444 e. The van der Waals surface area contributed by atoms with Crippen molar-refractivity contribution in [3.05, 3.63) is 71.8 Å². The third-order valence-electron chi connectivity index (χ3n) is 5.86. The van der Waals surface area contributed by atoms with Crippen LogP contribution in [0.4, 0.5) is 9.59 Å². The number of hydrogen-bond donors (Lipinski definition) is 2. The van der Waals surface area contributed by atoms with Crippen LogP contribution >= 0.6 is 0 Å². The highest BCUT2D eigenvalue weighted by molar-refractivity contribution is 5.68. The second kappa shape index (κ2) is 16.3. The quantitative estimate of drug-likeness (QED) is 0.473. The Hall–Kier alpha value is -3.14. The van der Waals surface area contributed by atoms with Crippen molar-refractivity contribution in [2.75, 3.05) is 39.4 Å². The highest BCUT2D eigenvalue weighted by Crippen LogP contribution is 2.16. The molecule has 2 aromatic rings. The average molecular weight is 573 g/mol. The fraction of sp³-hybridized carbons (Fsp3) is 0.562. The summed E-state index contributed by atoms with van der Waals surface area (Å²) in [4.78, 5) is 27.1. The maximum Gasteiger partial charge on any atom is 0.410 e. The first kappa shape index (κ1) is 34.1. The van der Waals surface area contributed by atoms with Crippen molar-refractivity contribution in [2.45, 2.75) is 77.8 Å². The van der Waals surface area contributed by atoms with Crippen LogP contribution in [0, 0.1) is 0 Å². The molecule has 1 heterocycles. The van der Waals surface area contributed by atoms with Gasteiger partial charge in [-0.1, -0.05) is 60.7 Å². The number of carbonyl (C=O) groups excluding carboxylic acids is 2. The smallest absolute Gasteiger partial charge is 0.410 e. The molecule has 1 saturated heterocycles. The molecule has 2 unspecified atom stereocenters. The average Bonchev–Trinajstić information content (AvgIpc) is 2.88. The third kappa shape index (κ3) is 14.4. The Morgan fingerprint density at radius 3 is 2.05 bits per heavy atom. The Morgan fingerprint density at radius 1 is 0.951 bits per heavy atom. The minimum absolute atomic E-state index is 0.0404. The predicted octanol–water partition coefficient (Wildman–Crippen LogP) is 4.68. The van der Waals surface area contributed by atoms with Gasteiger partial charge in [-0.25, -0.2) is 9.59 Å². The zero-order chi connectivity index (χ0) is 30.5. The number of aliphatic hydroxyl groups is 2. The SMILES string of the molecule is CC(C)(C)OC(=O)N(CCO)CC(O)Cc1ccccc1.CC(C)(C)OC(=O)N1CCOC(Cc2ccccc2)C1. The molecular formula is C32H48N2O7. The summed E-state index contributed by atoms with van der Waals surface area (Å²) in [7, 11) is 0. The van der Waals surface area contributed by atoms with E-state index < -0.39 is 23.4 Å². The standard InChI is InChI=1S/C16H25NO4.C16H23NO3/c1-16(2,3)21-15(20)17(9-10-18)12-14(19)11-13-7-5-4-6-8-13;1-16(2,3)20-15(18)17-9-10-19-14(12-17)11-13-7-5-4-6-8-13/h4-8,14,18-19H,9-12H2,1-3H3;4-8,14H,9-12H2,1-3H3. The van der Waals surface area contributed by atoms with Gasteiger partial charge in [0.15, 0.2) is 0 Å². The predicted molar refractivity (Wildman–Crippen MR) is 159 cm³/mol. The molecule has 9 heteroatoms. The van der Waals surface area contributed by atoms with Crippen LogP contribution in [0.25, 0.3) is 0 Å². The van der Waals surface area contributed by atoms with E-state index in [0.29, 0.717) is 26.1 Å².